The lowest BCUT2D eigenvalue weighted by Gasteiger charge is -2.14. The van der Waals surface area contributed by atoms with Crippen molar-refractivity contribution in [2.45, 2.75) is 32.8 Å². The molecule has 2 rings (SSSR count). The molecule has 0 spiro atoms. The largest absolute Gasteiger partial charge is 0.493 e. The monoisotopic (exact) mass is 289 g/mol. The van der Waals surface area contributed by atoms with E-state index in [4.69, 9.17) is 9.47 Å². The third kappa shape index (κ3) is 4.25. The molecule has 114 valence electrons. The van der Waals surface area contributed by atoms with Gasteiger partial charge in [-0.05, 0) is 50.5 Å². The fourth-order valence-corrected chi connectivity index (χ4v) is 2.35. The number of methoxy groups -OCH3 is 1. The number of nitrogens with zero attached hydrogens (tertiary/aromatic N) is 1. The van der Waals surface area contributed by atoms with E-state index in [9.17, 15) is 4.79 Å². The summed E-state index contributed by atoms with van der Waals surface area (Å²) in [6.45, 7) is 5.69. The van der Waals surface area contributed by atoms with E-state index in [1.807, 2.05) is 43.0 Å². The van der Waals surface area contributed by atoms with E-state index < -0.39 is 0 Å². The Balaban J connectivity index is 2.07. The number of carbonyl (C=O) groups excluding carboxylic acids is 1. The zero-order valence-electron chi connectivity index (χ0n) is 13.0. The fourth-order valence-electron chi connectivity index (χ4n) is 2.35. The first kappa shape index (κ1) is 15.4. The van der Waals surface area contributed by atoms with E-state index in [0.29, 0.717) is 5.75 Å². The number of benzene rings is 1. The third-order valence-electron chi connectivity index (χ3n) is 3.39. The highest BCUT2D eigenvalue weighted by atomic mass is 16.5. The summed E-state index contributed by atoms with van der Waals surface area (Å²) in [5.41, 5.74) is 0.926. The molecule has 0 aromatic heterocycles. The molecule has 0 saturated carbocycles. The Kier molecular flexibility index (Phi) is 5.26. The van der Waals surface area contributed by atoms with Gasteiger partial charge in [0.15, 0.2) is 11.5 Å². The summed E-state index contributed by atoms with van der Waals surface area (Å²) in [5.74, 6) is 1.48. The molecule has 1 aliphatic rings. The molecular weight excluding hydrogens is 266 g/mol. The van der Waals surface area contributed by atoms with Gasteiger partial charge >= 0.3 is 0 Å². The second-order valence-electron chi connectivity index (χ2n) is 5.44. The quantitative estimate of drug-likeness (QED) is 0.782. The minimum absolute atomic E-state index is 0.0778. The van der Waals surface area contributed by atoms with Gasteiger partial charge in [0.1, 0.15) is 0 Å². The van der Waals surface area contributed by atoms with Gasteiger partial charge in [0.25, 0.3) is 0 Å². The molecule has 0 bridgehead atoms. The van der Waals surface area contributed by atoms with Crippen molar-refractivity contribution in [2.75, 3.05) is 20.2 Å². The van der Waals surface area contributed by atoms with Crippen molar-refractivity contribution in [3.8, 4) is 11.5 Å². The number of amides is 1. The summed E-state index contributed by atoms with van der Waals surface area (Å²) in [4.78, 5) is 13.8. The van der Waals surface area contributed by atoms with E-state index in [1.54, 1.807) is 13.2 Å². The minimum atomic E-state index is 0.0778. The van der Waals surface area contributed by atoms with Crippen molar-refractivity contribution in [2.24, 2.45) is 0 Å². The van der Waals surface area contributed by atoms with E-state index >= 15 is 0 Å². The maximum Gasteiger partial charge on any atom is 0.246 e. The number of hydrogen-bond acceptors (Lipinski definition) is 3. The second kappa shape index (κ2) is 7.16. The first-order valence-corrected chi connectivity index (χ1v) is 7.42. The Morgan fingerprint density at radius 2 is 1.95 bits per heavy atom. The highest BCUT2D eigenvalue weighted by molar-refractivity contribution is 5.92. The van der Waals surface area contributed by atoms with Crippen molar-refractivity contribution >= 4 is 12.0 Å². The molecule has 4 nitrogen and oxygen atoms in total. The van der Waals surface area contributed by atoms with Crippen molar-refractivity contribution in [1.82, 2.24) is 4.90 Å². The summed E-state index contributed by atoms with van der Waals surface area (Å²) < 4.78 is 11.0. The first-order valence-electron chi connectivity index (χ1n) is 7.42. The van der Waals surface area contributed by atoms with Gasteiger partial charge in [-0.2, -0.15) is 0 Å². The summed E-state index contributed by atoms with van der Waals surface area (Å²) in [5, 5.41) is 0. The molecule has 21 heavy (non-hydrogen) atoms. The van der Waals surface area contributed by atoms with Crippen molar-refractivity contribution in [1.29, 1.82) is 0 Å². The molecule has 0 unspecified atom stereocenters. The molecule has 1 aromatic carbocycles. The predicted molar refractivity (Wildman–Crippen MR) is 83.6 cm³/mol. The summed E-state index contributed by atoms with van der Waals surface area (Å²) in [7, 11) is 1.62. The number of carbonyl (C=O) groups is 1. The molecule has 1 saturated heterocycles. The zero-order chi connectivity index (χ0) is 15.2. The smallest absolute Gasteiger partial charge is 0.246 e. The molecule has 1 fully saturated rings. The van der Waals surface area contributed by atoms with Crippen LogP contribution in [-0.4, -0.2) is 37.1 Å². The number of ether oxygens (including phenoxy) is 2. The van der Waals surface area contributed by atoms with Crippen LogP contribution >= 0.6 is 0 Å². The van der Waals surface area contributed by atoms with Gasteiger partial charge in [0.2, 0.25) is 5.91 Å². The van der Waals surface area contributed by atoms with Crippen LogP contribution in [0.1, 0.15) is 32.3 Å². The van der Waals surface area contributed by atoms with Crippen LogP contribution in [0.4, 0.5) is 0 Å². The number of rotatable bonds is 5. The highest BCUT2D eigenvalue weighted by Gasteiger charge is 2.15. The van der Waals surface area contributed by atoms with Gasteiger partial charge < -0.3 is 14.4 Å². The van der Waals surface area contributed by atoms with Crippen LogP contribution in [0.25, 0.3) is 6.08 Å². The number of hydrogen-bond donors (Lipinski definition) is 0. The van der Waals surface area contributed by atoms with Gasteiger partial charge in [-0.25, -0.2) is 0 Å². The van der Waals surface area contributed by atoms with Gasteiger partial charge in [-0.3, -0.25) is 4.79 Å². The molecule has 4 heteroatoms. The molecule has 1 amide bonds. The Labute approximate surface area is 126 Å². The zero-order valence-corrected chi connectivity index (χ0v) is 13.0. The van der Waals surface area contributed by atoms with E-state index in [1.165, 1.54) is 0 Å². The fraction of sp³-hybridized carbons (Fsp3) is 0.471. The molecule has 0 atom stereocenters. The minimum Gasteiger partial charge on any atom is -0.493 e. The van der Waals surface area contributed by atoms with Crippen LogP contribution in [0.5, 0.6) is 11.5 Å². The maximum atomic E-state index is 12.0. The van der Waals surface area contributed by atoms with Crippen LogP contribution in [-0.2, 0) is 4.79 Å². The van der Waals surface area contributed by atoms with Gasteiger partial charge in [-0.15, -0.1) is 0 Å². The SMILES string of the molecule is COc1cc(C=CC(=O)N2CCCC2)ccc1OC(C)C. The van der Waals surface area contributed by atoms with Crippen LogP contribution in [0.3, 0.4) is 0 Å². The summed E-state index contributed by atoms with van der Waals surface area (Å²) in [6, 6.07) is 5.68. The predicted octanol–water partition coefficient (Wildman–Crippen LogP) is 3.12. The standard InChI is InChI=1S/C17H23NO3/c1-13(2)21-15-8-6-14(12-16(15)20-3)7-9-17(19)18-10-4-5-11-18/h6-9,12-13H,4-5,10-11H2,1-3H3. The Hall–Kier alpha value is -1.97. The Morgan fingerprint density at radius 1 is 1.24 bits per heavy atom. The molecule has 1 aliphatic heterocycles. The van der Waals surface area contributed by atoms with Crippen LogP contribution in [0, 0.1) is 0 Å². The van der Waals surface area contributed by atoms with E-state index in [0.717, 1.165) is 37.2 Å². The molecule has 0 aliphatic carbocycles. The summed E-state index contributed by atoms with van der Waals surface area (Å²) >= 11 is 0. The lowest BCUT2D eigenvalue weighted by Crippen LogP contribution is -2.25. The highest BCUT2D eigenvalue weighted by Crippen LogP contribution is 2.29. The van der Waals surface area contributed by atoms with Gasteiger partial charge in [0.05, 0.1) is 13.2 Å². The van der Waals surface area contributed by atoms with Gasteiger partial charge in [-0.1, -0.05) is 6.07 Å². The Bertz CT molecular complexity index is 517. The molecule has 1 heterocycles. The van der Waals surface area contributed by atoms with Crippen LogP contribution in [0.2, 0.25) is 0 Å². The lowest BCUT2D eigenvalue weighted by atomic mass is 10.2. The lowest BCUT2D eigenvalue weighted by molar-refractivity contribution is -0.124. The number of likely N-dealkylation sites (tertiary alicyclic amines) is 1. The van der Waals surface area contributed by atoms with Crippen LogP contribution in [0.15, 0.2) is 24.3 Å². The van der Waals surface area contributed by atoms with Crippen molar-refractivity contribution < 1.29 is 14.3 Å². The molecule has 0 radical (unpaired) electrons. The van der Waals surface area contributed by atoms with E-state index in [2.05, 4.69) is 0 Å². The van der Waals surface area contributed by atoms with Gasteiger partial charge in [0, 0.05) is 19.2 Å². The topological polar surface area (TPSA) is 38.8 Å². The second-order valence-corrected chi connectivity index (χ2v) is 5.44. The van der Waals surface area contributed by atoms with Crippen molar-refractivity contribution in [3.63, 3.8) is 0 Å². The average molecular weight is 289 g/mol. The molecular formula is C17H23NO3. The Morgan fingerprint density at radius 3 is 2.57 bits per heavy atom. The third-order valence-corrected chi connectivity index (χ3v) is 3.39. The maximum absolute atomic E-state index is 12.0. The summed E-state index contributed by atoms with van der Waals surface area (Å²) in [6.07, 6.45) is 5.76. The molecule has 0 N–H and O–H groups in total. The van der Waals surface area contributed by atoms with Crippen LogP contribution < -0.4 is 9.47 Å². The van der Waals surface area contributed by atoms with E-state index in [-0.39, 0.29) is 12.0 Å². The average Bonchev–Trinajstić information content (AvgIpc) is 2.99. The molecule has 1 aromatic rings. The first-order chi connectivity index (χ1) is 10.1. The normalized spacial score (nSPS) is 15.0. The van der Waals surface area contributed by atoms with Crippen molar-refractivity contribution in [3.05, 3.63) is 29.8 Å².